The molecule has 9 nitrogen and oxygen atoms in total. The van der Waals surface area contributed by atoms with E-state index in [4.69, 9.17) is 9.11 Å². The van der Waals surface area contributed by atoms with Crippen LogP contribution in [0.3, 0.4) is 0 Å². The normalized spacial score (nSPS) is 22.9. The standard InChI is InChI=1S/C7H10O9S2/c8-6-2-4(7(9)16-6)1-5(18(13,14)15)3-17(10,11)12/h4-5H,1-3H2,(H,10,11,12)(H,13,14,15). The van der Waals surface area contributed by atoms with Gasteiger partial charge in [0.25, 0.3) is 20.2 Å². The van der Waals surface area contributed by atoms with Gasteiger partial charge in [-0.05, 0) is 6.42 Å². The summed E-state index contributed by atoms with van der Waals surface area (Å²) in [6.45, 7) is 0. The molecule has 0 amide bonds. The van der Waals surface area contributed by atoms with Crippen LogP contribution in [0, 0.1) is 5.92 Å². The van der Waals surface area contributed by atoms with Gasteiger partial charge in [0.15, 0.2) is 0 Å². The fourth-order valence-corrected chi connectivity index (χ4v) is 3.81. The van der Waals surface area contributed by atoms with E-state index in [9.17, 15) is 26.4 Å². The average molecular weight is 302 g/mol. The number of carbonyl (C=O) groups is 2. The molecule has 0 aliphatic carbocycles. The molecule has 2 unspecified atom stereocenters. The highest BCUT2D eigenvalue weighted by molar-refractivity contribution is 7.90. The number of hydrogen-bond acceptors (Lipinski definition) is 7. The molecular weight excluding hydrogens is 292 g/mol. The molecule has 2 N–H and O–H groups in total. The third-order valence-electron chi connectivity index (χ3n) is 2.33. The molecule has 0 spiro atoms. The maximum atomic E-state index is 11.1. The fourth-order valence-electron chi connectivity index (χ4n) is 1.53. The number of esters is 2. The van der Waals surface area contributed by atoms with Gasteiger partial charge in [-0.1, -0.05) is 0 Å². The number of rotatable bonds is 5. The molecule has 2 atom stereocenters. The molecule has 0 radical (unpaired) electrons. The SMILES string of the molecule is O=C1CC(CC(CS(=O)(=O)O)S(=O)(=O)O)C(=O)O1. The van der Waals surface area contributed by atoms with Crippen LogP contribution in [-0.2, 0) is 34.6 Å². The Morgan fingerprint density at radius 1 is 1.22 bits per heavy atom. The second-order valence-corrected chi connectivity index (χ2v) is 7.01. The van der Waals surface area contributed by atoms with E-state index in [-0.39, 0.29) is 0 Å². The second-order valence-electron chi connectivity index (χ2n) is 3.82. The monoisotopic (exact) mass is 302 g/mol. The van der Waals surface area contributed by atoms with Gasteiger partial charge in [0, 0.05) is 0 Å². The summed E-state index contributed by atoms with van der Waals surface area (Å²) in [6, 6.07) is 0. The smallest absolute Gasteiger partial charge is 0.317 e. The van der Waals surface area contributed by atoms with Crippen molar-refractivity contribution in [2.75, 3.05) is 5.75 Å². The van der Waals surface area contributed by atoms with Crippen molar-refractivity contribution >= 4 is 32.2 Å². The molecule has 0 bridgehead atoms. The summed E-state index contributed by atoms with van der Waals surface area (Å²) >= 11 is 0. The Kier molecular flexibility index (Phi) is 4.10. The zero-order chi connectivity index (χ0) is 14.1. The largest absolute Gasteiger partial charge is 0.393 e. The zero-order valence-electron chi connectivity index (χ0n) is 8.84. The van der Waals surface area contributed by atoms with Gasteiger partial charge in [-0.2, -0.15) is 16.8 Å². The Morgan fingerprint density at radius 2 is 1.78 bits per heavy atom. The lowest BCUT2D eigenvalue weighted by Gasteiger charge is -2.13. The molecule has 1 aliphatic heterocycles. The van der Waals surface area contributed by atoms with Crippen LogP contribution >= 0.6 is 0 Å². The van der Waals surface area contributed by atoms with Crippen molar-refractivity contribution in [3.8, 4) is 0 Å². The first-order valence-corrected chi connectivity index (χ1v) is 7.76. The van der Waals surface area contributed by atoms with E-state index in [1.165, 1.54) is 0 Å². The van der Waals surface area contributed by atoms with Gasteiger partial charge in [-0.3, -0.25) is 18.7 Å². The van der Waals surface area contributed by atoms with Gasteiger partial charge in [-0.15, -0.1) is 0 Å². The van der Waals surface area contributed by atoms with Crippen LogP contribution in [0.2, 0.25) is 0 Å². The Morgan fingerprint density at radius 3 is 2.11 bits per heavy atom. The van der Waals surface area contributed by atoms with Gasteiger partial charge in [0.2, 0.25) is 0 Å². The third-order valence-corrected chi connectivity index (χ3v) is 4.56. The summed E-state index contributed by atoms with van der Waals surface area (Å²) in [4.78, 5) is 21.8. The van der Waals surface area contributed by atoms with Crippen molar-refractivity contribution in [3.63, 3.8) is 0 Å². The molecule has 18 heavy (non-hydrogen) atoms. The Hall–Kier alpha value is -1.04. The van der Waals surface area contributed by atoms with Crippen molar-refractivity contribution in [1.82, 2.24) is 0 Å². The van der Waals surface area contributed by atoms with Crippen molar-refractivity contribution in [2.24, 2.45) is 5.92 Å². The number of carbonyl (C=O) groups excluding carboxylic acids is 2. The maximum absolute atomic E-state index is 11.1. The summed E-state index contributed by atoms with van der Waals surface area (Å²) in [5.74, 6) is -4.25. The minimum absolute atomic E-state index is 0.393. The summed E-state index contributed by atoms with van der Waals surface area (Å²) < 4.78 is 64.6. The number of cyclic esters (lactones) is 2. The highest BCUT2D eigenvalue weighted by atomic mass is 32.2. The van der Waals surface area contributed by atoms with Gasteiger partial charge >= 0.3 is 11.9 Å². The number of ether oxygens (including phenoxy) is 1. The van der Waals surface area contributed by atoms with Gasteiger partial charge in [0.05, 0.1) is 18.1 Å². The molecule has 1 saturated heterocycles. The molecule has 1 fully saturated rings. The molecule has 104 valence electrons. The van der Waals surface area contributed by atoms with Gasteiger partial charge in [-0.25, -0.2) is 0 Å². The van der Waals surface area contributed by atoms with Crippen LogP contribution in [0.15, 0.2) is 0 Å². The lowest BCUT2D eigenvalue weighted by atomic mass is 10.0. The van der Waals surface area contributed by atoms with E-state index in [0.717, 1.165) is 0 Å². The van der Waals surface area contributed by atoms with Crippen LogP contribution < -0.4 is 0 Å². The quantitative estimate of drug-likeness (QED) is 0.355. The van der Waals surface area contributed by atoms with E-state index in [2.05, 4.69) is 4.74 Å². The van der Waals surface area contributed by atoms with E-state index >= 15 is 0 Å². The topological polar surface area (TPSA) is 152 Å². The molecule has 11 heteroatoms. The molecule has 0 aromatic heterocycles. The zero-order valence-corrected chi connectivity index (χ0v) is 10.5. The van der Waals surface area contributed by atoms with Crippen molar-refractivity contribution in [1.29, 1.82) is 0 Å². The highest BCUT2D eigenvalue weighted by Crippen LogP contribution is 2.24. The van der Waals surface area contributed by atoms with Crippen LogP contribution in [0.4, 0.5) is 0 Å². The molecule has 0 aromatic rings. The average Bonchev–Trinajstić information content (AvgIpc) is 2.40. The molecule has 1 aliphatic rings. The number of hydrogen-bond donors (Lipinski definition) is 2. The van der Waals surface area contributed by atoms with Crippen LogP contribution in [-0.4, -0.2) is 48.9 Å². The molecule has 0 aromatic carbocycles. The van der Waals surface area contributed by atoms with E-state index in [0.29, 0.717) is 0 Å². The summed E-state index contributed by atoms with van der Waals surface area (Å²) in [5.41, 5.74) is 0. The molecular formula is C7H10O9S2. The second kappa shape index (κ2) is 4.91. The van der Waals surface area contributed by atoms with Gasteiger partial charge in [0.1, 0.15) is 5.25 Å². The Labute approximate surface area is 103 Å². The lowest BCUT2D eigenvalue weighted by Crippen LogP contribution is -2.32. The summed E-state index contributed by atoms with van der Waals surface area (Å²) in [6.07, 6.45) is -1.01. The molecule has 1 rings (SSSR count). The minimum atomic E-state index is -4.78. The lowest BCUT2D eigenvalue weighted by molar-refractivity contribution is -0.153. The third kappa shape index (κ3) is 4.33. The predicted molar refractivity (Wildman–Crippen MR) is 55.6 cm³/mol. The summed E-state index contributed by atoms with van der Waals surface area (Å²) in [5, 5.41) is -1.89. The first-order valence-electron chi connectivity index (χ1n) is 4.65. The van der Waals surface area contributed by atoms with Gasteiger partial charge < -0.3 is 4.74 Å². The minimum Gasteiger partial charge on any atom is -0.393 e. The molecule has 1 heterocycles. The van der Waals surface area contributed by atoms with Crippen LogP contribution in [0.5, 0.6) is 0 Å². The summed E-state index contributed by atoms with van der Waals surface area (Å²) in [7, 11) is -9.44. The first kappa shape index (κ1) is 15.0. The van der Waals surface area contributed by atoms with E-state index in [1.54, 1.807) is 0 Å². The van der Waals surface area contributed by atoms with Crippen LogP contribution in [0.25, 0.3) is 0 Å². The van der Waals surface area contributed by atoms with Crippen molar-refractivity contribution in [3.05, 3.63) is 0 Å². The first-order chi connectivity index (χ1) is 7.99. The Bertz CT molecular complexity index is 558. The van der Waals surface area contributed by atoms with Crippen molar-refractivity contribution < 1.29 is 40.3 Å². The fraction of sp³-hybridized carbons (Fsp3) is 0.714. The molecule has 0 saturated carbocycles. The van der Waals surface area contributed by atoms with Crippen molar-refractivity contribution in [2.45, 2.75) is 18.1 Å². The van der Waals surface area contributed by atoms with E-state index in [1.807, 2.05) is 0 Å². The van der Waals surface area contributed by atoms with E-state index < -0.39 is 61.9 Å². The van der Waals surface area contributed by atoms with Crippen LogP contribution in [0.1, 0.15) is 12.8 Å². The predicted octanol–water partition coefficient (Wildman–Crippen LogP) is -1.39. The maximum Gasteiger partial charge on any atom is 0.317 e. The highest BCUT2D eigenvalue weighted by Gasteiger charge is 2.39. The Balaban J connectivity index is 2.87.